The van der Waals surface area contributed by atoms with Crippen LogP contribution >= 0.6 is 11.6 Å². The molecule has 5 nitrogen and oxygen atoms in total. The molecule has 0 unspecified atom stereocenters. The molecule has 19 heavy (non-hydrogen) atoms. The van der Waals surface area contributed by atoms with Crippen LogP contribution in [0.15, 0.2) is 18.2 Å². The predicted octanol–water partition coefficient (Wildman–Crippen LogP) is 1.35. The molecule has 0 aromatic heterocycles. The molecule has 1 aliphatic rings. The zero-order chi connectivity index (χ0) is 14.2. The van der Waals surface area contributed by atoms with E-state index in [1.165, 1.54) is 15.9 Å². The van der Waals surface area contributed by atoms with E-state index in [0.717, 1.165) is 0 Å². The summed E-state index contributed by atoms with van der Waals surface area (Å²) in [5.41, 5.74) is 0.907. The molecule has 100 valence electrons. The molecule has 1 heterocycles. The van der Waals surface area contributed by atoms with E-state index in [1.807, 2.05) is 0 Å². The van der Waals surface area contributed by atoms with Gasteiger partial charge < -0.3 is 9.80 Å². The number of anilines is 1. The molecule has 1 aromatic carbocycles. The number of ketones is 1. The molecular formula is C13H13ClN2O3. The summed E-state index contributed by atoms with van der Waals surface area (Å²) in [6.07, 6.45) is -0.0734. The first-order valence-corrected chi connectivity index (χ1v) is 6.11. The van der Waals surface area contributed by atoms with Crippen molar-refractivity contribution >= 4 is 34.9 Å². The highest BCUT2D eigenvalue weighted by Gasteiger charge is 2.29. The number of carbonyl (C=O) groups excluding carboxylic acids is 3. The summed E-state index contributed by atoms with van der Waals surface area (Å²) in [6.45, 7) is 0.0656. The molecule has 2 amide bonds. The van der Waals surface area contributed by atoms with Gasteiger partial charge in [-0.15, -0.1) is 0 Å². The fourth-order valence-corrected chi connectivity index (χ4v) is 2.16. The second-order valence-electron chi connectivity index (χ2n) is 4.56. The third-order valence-electron chi connectivity index (χ3n) is 2.88. The van der Waals surface area contributed by atoms with Gasteiger partial charge in [-0.25, -0.2) is 0 Å². The van der Waals surface area contributed by atoms with Crippen molar-refractivity contribution in [1.29, 1.82) is 0 Å². The Hall–Kier alpha value is -1.88. The van der Waals surface area contributed by atoms with Crippen LogP contribution in [0, 0.1) is 0 Å². The summed E-state index contributed by atoms with van der Waals surface area (Å²) in [6, 6.07) is 4.73. The van der Waals surface area contributed by atoms with Crippen molar-refractivity contribution in [3.8, 4) is 0 Å². The van der Waals surface area contributed by atoms with Crippen LogP contribution in [-0.4, -0.2) is 43.1 Å². The molecular weight excluding hydrogens is 268 g/mol. The second-order valence-corrected chi connectivity index (χ2v) is 4.97. The minimum atomic E-state index is -0.243. The van der Waals surface area contributed by atoms with E-state index in [4.69, 9.17) is 11.6 Å². The number of Topliss-reactive ketones (excluding diaryl/α,β-unsaturated/α-hetero) is 1. The largest absolute Gasteiger partial charge is 0.345 e. The highest BCUT2D eigenvalue weighted by molar-refractivity contribution is 6.34. The summed E-state index contributed by atoms with van der Waals surface area (Å²) in [4.78, 5) is 37.5. The molecule has 1 saturated heterocycles. The van der Waals surface area contributed by atoms with E-state index in [1.54, 1.807) is 26.2 Å². The Bertz CT molecular complexity index is 569. The van der Waals surface area contributed by atoms with Crippen LogP contribution in [0.25, 0.3) is 0 Å². The number of rotatable bonds is 2. The van der Waals surface area contributed by atoms with Crippen LogP contribution in [0.3, 0.4) is 0 Å². The van der Waals surface area contributed by atoms with Gasteiger partial charge in [0.05, 0.1) is 23.6 Å². The smallest absolute Gasteiger partial charge is 0.254 e. The van der Waals surface area contributed by atoms with E-state index < -0.39 is 0 Å². The first kappa shape index (κ1) is 13.5. The first-order chi connectivity index (χ1) is 8.90. The summed E-state index contributed by atoms with van der Waals surface area (Å²) in [7, 11) is 3.27. The third-order valence-corrected chi connectivity index (χ3v) is 3.20. The zero-order valence-corrected chi connectivity index (χ0v) is 11.4. The second kappa shape index (κ2) is 5.01. The van der Waals surface area contributed by atoms with Gasteiger partial charge in [-0.1, -0.05) is 11.6 Å². The highest BCUT2D eigenvalue weighted by Crippen LogP contribution is 2.26. The molecule has 0 atom stereocenters. The Kier molecular flexibility index (Phi) is 3.57. The first-order valence-electron chi connectivity index (χ1n) is 5.73. The molecule has 1 aliphatic heterocycles. The average molecular weight is 281 g/mol. The van der Waals surface area contributed by atoms with Gasteiger partial charge >= 0.3 is 0 Å². The summed E-state index contributed by atoms with van der Waals surface area (Å²) < 4.78 is 0. The van der Waals surface area contributed by atoms with Gasteiger partial charge in [0.25, 0.3) is 5.91 Å². The van der Waals surface area contributed by atoms with Gasteiger partial charge in [0, 0.05) is 19.8 Å². The minimum Gasteiger partial charge on any atom is -0.345 e. The van der Waals surface area contributed by atoms with Crippen molar-refractivity contribution in [3.63, 3.8) is 0 Å². The van der Waals surface area contributed by atoms with Crippen LogP contribution in [-0.2, 0) is 9.59 Å². The molecule has 1 aromatic rings. The number of halogens is 1. The molecule has 0 radical (unpaired) electrons. The van der Waals surface area contributed by atoms with Gasteiger partial charge in [0.15, 0.2) is 5.78 Å². The molecule has 0 saturated carbocycles. The lowest BCUT2D eigenvalue weighted by molar-refractivity contribution is -0.121. The summed E-state index contributed by atoms with van der Waals surface area (Å²) in [5, 5.41) is 0.267. The fourth-order valence-electron chi connectivity index (χ4n) is 1.91. The van der Waals surface area contributed by atoms with E-state index in [2.05, 4.69) is 0 Å². The van der Waals surface area contributed by atoms with Crippen LogP contribution < -0.4 is 4.90 Å². The van der Waals surface area contributed by atoms with Crippen LogP contribution in [0.4, 0.5) is 5.69 Å². The lowest BCUT2D eigenvalue weighted by Gasteiger charge is -2.17. The van der Waals surface area contributed by atoms with Crippen molar-refractivity contribution in [1.82, 2.24) is 4.90 Å². The maximum Gasteiger partial charge on any atom is 0.254 e. The fraction of sp³-hybridized carbons (Fsp3) is 0.308. The standard InChI is InChI=1S/C13H13ClN2O3/c1-15(2)13(19)10-4-3-8(5-11(10)14)16-7-9(17)6-12(16)18/h3-5H,6-7H2,1-2H3. The summed E-state index contributed by atoms with van der Waals surface area (Å²) in [5.74, 6) is -0.567. The third kappa shape index (κ3) is 2.61. The van der Waals surface area contributed by atoms with Crippen LogP contribution in [0.5, 0.6) is 0 Å². The van der Waals surface area contributed by atoms with Gasteiger partial charge in [-0.3, -0.25) is 14.4 Å². The molecule has 1 fully saturated rings. The quantitative estimate of drug-likeness (QED) is 0.769. The summed E-state index contributed by atoms with van der Waals surface area (Å²) >= 11 is 6.06. The van der Waals surface area contributed by atoms with E-state index in [-0.39, 0.29) is 35.6 Å². The van der Waals surface area contributed by atoms with Gasteiger partial charge in [0.1, 0.15) is 0 Å². The van der Waals surface area contributed by atoms with E-state index in [9.17, 15) is 14.4 Å². The Labute approximate surface area is 115 Å². The maximum absolute atomic E-state index is 11.8. The minimum absolute atomic E-state index is 0.0656. The predicted molar refractivity (Wildman–Crippen MR) is 71.4 cm³/mol. The topological polar surface area (TPSA) is 57.7 Å². The molecule has 0 bridgehead atoms. The average Bonchev–Trinajstić information content (AvgIpc) is 2.67. The van der Waals surface area contributed by atoms with Gasteiger partial charge in [0.2, 0.25) is 5.91 Å². The number of amides is 2. The SMILES string of the molecule is CN(C)C(=O)c1ccc(N2CC(=O)CC2=O)cc1Cl. The Morgan fingerprint density at radius 2 is 2.00 bits per heavy atom. The van der Waals surface area contributed by atoms with Crippen LogP contribution in [0.2, 0.25) is 5.02 Å². The maximum atomic E-state index is 11.8. The van der Waals surface area contributed by atoms with Crippen molar-refractivity contribution in [3.05, 3.63) is 28.8 Å². The number of carbonyl (C=O) groups is 3. The van der Waals surface area contributed by atoms with Crippen molar-refractivity contribution in [2.45, 2.75) is 6.42 Å². The van der Waals surface area contributed by atoms with Crippen LogP contribution in [0.1, 0.15) is 16.8 Å². The Balaban J connectivity index is 2.32. The van der Waals surface area contributed by atoms with Crippen molar-refractivity contribution < 1.29 is 14.4 Å². The monoisotopic (exact) mass is 280 g/mol. The molecule has 0 aliphatic carbocycles. The molecule has 6 heteroatoms. The Morgan fingerprint density at radius 1 is 1.32 bits per heavy atom. The number of hydrogen-bond acceptors (Lipinski definition) is 3. The number of hydrogen-bond donors (Lipinski definition) is 0. The normalized spacial score (nSPS) is 15.0. The van der Waals surface area contributed by atoms with E-state index >= 15 is 0 Å². The Morgan fingerprint density at radius 3 is 2.47 bits per heavy atom. The van der Waals surface area contributed by atoms with Gasteiger partial charge in [-0.05, 0) is 18.2 Å². The highest BCUT2D eigenvalue weighted by atomic mass is 35.5. The lowest BCUT2D eigenvalue weighted by Crippen LogP contribution is -2.25. The zero-order valence-electron chi connectivity index (χ0n) is 10.6. The number of nitrogens with zero attached hydrogens (tertiary/aromatic N) is 2. The van der Waals surface area contributed by atoms with Crippen molar-refractivity contribution in [2.75, 3.05) is 25.5 Å². The number of benzene rings is 1. The molecule has 0 N–H and O–H groups in total. The van der Waals surface area contributed by atoms with Crippen molar-refractivity contribution in [2.24, 2.45) is 0 Å². The molecule has 0 spiro atoms. The molecule has 2 rings (SSSR count). The lowest BCUT2D eigenvalue weighted by atomic mass is 10.1. The van der Waals surface area contributed by atoms with Gasteiger partial charge in [-0.2, -0.15) is 0 Å². The van der Waals surface area contributed by atoms with E-state index in [0.29, 0.717) is 11.3 Å².